The Hall–Kier alpha value is -0.310. The third kappa shape index (κ3) is 23.8. The van der Waals surface area contributed by atoms with Gasteiger partial charge in [-0.15, -0.1) is 0 Å². The first kappa shape index (κ1) is 34.7. The quantitative estimate of drug-likeness (QED) is 0.0641. The third-order valence-corrected chi connectivity index (χ3v) is 8.61. The Morgan fingerprint density at radius 1 is 0.543 bits per heavy atom. The van der Waals surface area contributed by atoms with Gasteiger partial charge in [-0.05, 0) is 19.8 Å². The summed E-state index contributed by atoms with van der Waals surface area (Å²) in [5, 5.41) is 0. The summed E-state index contributed by atoms with van der Waals surface area (Å²) in [5.74, 6) is 0. The average molecular weight is 514 g/mol. The van der Waals surface area contributed by atoms with Gasteiger partial charge in [0.1, 0.15) is 6.23 Å². The highest BCUT2D eigenvalue weighted by atomic mass is 31.1. The molecule has 0 fully saturated rings. The zero-order valence-corrected chi connectivity index (χ0v) is 24.7. The number of rotatable bonds is 28. The molecule has 0 amide bonds. The zero-order valence-electron chi connectivity index (χ0n) is 23.8. The van der Waals surface area contributed by atoms with Crippen LogP contribution in [0.4, 0.5) is 0 Å². The minimum absolute atomic E-state index is 0.0127. The highest BCUT2D eigenvalue weighted by molar-refractivity contribution is 7.85. The predicted octanol–water partition coefficient (Wildman–Crippen LogP) is 10.2. The molecule has 35 heavy (non-hydrogen) atoms. The van der Waals surface area contributed by atoms with Crippen LogP contribution in [0.2, 0.25) is 0 Å². The standard InChI is InChI=1S/C30H60NO3P/c1-4-6-8-10-12-14-16-18-20-22-24-26-29(32)35(34-28(3)31)30(33)27-25-23-21-19-17-15-13-11-9-7-5-2/h28H,4-27,31H2,1-3H3. The molecule has 0 bridgehead atoms. The lowest BCUT2D eigenvalue weighted by molar-refractivity contribution is -0.115. The molecule has 208 valence electrons. The fourth-order valence-electron chi connectivity index (χ4n) is 4.51. The normalized spacial score (nSPS) is 12.4. The topological polar surface area (TPSA) is 69.4 Å². The molecule has 0 aromatic carbocycles. The molecule has 0 rings (SSSR count). The first-order valence-electron chi connectivity index (χ1n) is 15.3. The van der Waals surface area contributed by atoms with Crippen LogP contribution in [0.25, 0.3) is 0 Å². The van der Waals surface area contributed by atoms with E-state index < -0.39 is 14.4 Å². The van der Waals surface area contributed by atoms with Crippen molar-refractivity contribution in [3.63, 3.8) is 0 Å². The van der Waals surface area contributed by atoms with E-state index in [9.17, 15) is 9.59 Å². The van der Waals surface area contributed by atoms with E-state index >= 15 is 0 Å². The van der Waals surface area contributed by atoms with Gasteiger partial charge in [-0.25, -0.2) is 0 Å². The van der Waals surface area contributed by atoms with E-state index in [1.54, 1.807) is 6.92 Å². The van der Waals surface area contributed by atoms with Crippen LogP contribution < -0.4 is 5.73 Å². The van der Waals surface area contributed by atoms with E-state index in [0.29, 0.717) is 12.8 Å². The summed E-state index contributed by atoms with van der Waals surface area (Å²) in [7, 11) is -1.70. The number of hydrogen-bond donors (Lipinski definition) is 1. The van der Waals surface area contributed by atoms with Gasteiger partial charge in [0.25, 0.3) is 0 Å². The van der Waals surface area contributed by atoms with Gasteiger partial charge in [-0.1, -0.05) is 142 Å². The molecule has 1 unspecified atom stereocenters. The Labute approximate surface area is 220 Å². The van der Waals surface area contributed by atoms with Gasteiger partial charge >= 0.3 is 0 Å². The van der Waals surface area contributed by atoms with Crippen molar-refractivity contribution in [3.05, 3.63) is 0 Å². The summed E-state index contributed by atoms with van der Waals surface area (Å²) in [6.45, 7) is 6.22. The summed E-state index contributed by atoms with van der Waals surface area (Å²) in [4.78, 5) is 25.4. The highest BCUT2D eigenvalue weighted by Gasteiger charge is 2.28. The Bertz CT molecular complexity index is 446. The van der Waals surface area contributed by atoms with Crippen molar-refractivity contribution in [1.82, 2.24) is 0 Å². The Morgan fingerprint density at radius 2 is 0.800 bits per heavy atom. The van der Waals surface area contributed by atoms with Crippen LogP contribution in [0.5, 0.6) is 0 Å². The van der Waals surface area contributed by atoms with Gasteiger partial charge in [0.2, 0.25) is 0 Å². The van der Waals surface area contributed by atoms with Gasteiger partial charge in [0.15, 0.2) is 19.2 Å². The monoisotopic (exact) mass is 513 g/mol. The van der Waals surface area contributed by atoms with E-state index in [0.717, 1.165) is 25.7 Å². The highest BCUT2D eigenvalue weighted by Crippen LogP contribution is 2.43. The van der Waals surface area contributed by atoms with E-state index in [4.69, 9.17) is 10.3 Å². The molecule has 0 spiro atoms. The summed E-state index contributed by atoms with van der Waals surface area (Å²) in [6.07, 6.45) is 27.9. The molecule has 2 N–H and O–H groups in total. The fourth-order valence-corrected chi connectivity index (χ4v) is 6.08. The number of carbonyl (C=O) groups excluding carboxylic acids is 2. The number of carbonyl (C=O) groups is 2. The van der Waals surface area contributed by atoms with Crippen LogP contribution >= 0.6 is 8.15 Å². The van der Waals surface area contributed by atoms with Crippen LogP contribution in [-0.2, 0) is 14.1 Å². The smallest absolute Gasteiger partial charge is 0.189 e. The zero-order chi connectivity index (χ0) is 26.0. The van der Waals surface area contributed by atoms with Crippen LogP contribution in [0, 0.1) is 0 Å². The van der Waals surface area contributed by atoms with Gasteiger partial charge in [-0.2, -0.15) is 0 Å². The van der Waals surface area contributed by atoms with E-state index in [2.05, 4.69) is 13.8 Å². The molecular weight excluding hydrogens is 453 g/mol. The van der Waals surface area contributed by atoms with Gasteiger partial charge < -0.3 is 10.3 Å². The number of hydrogen-bond acceptors (Lipinski definition) is 4. The van der Waals surface area contributed by atoms with Crippen LogP contribution in [0.1, 0.15) is 175 Å². The molecule has 0 aliphatic rings. The molecule has 0 aromatic heterocycles. The van der Waals surface area contributed by atoms with E-state index in [-0.39, 0.29) is 11.0 Å². The van der Waals surface area contributed by atoms with Crippen LogP contribution in [0.15, 0.2) is 0 Å². The maximum absolute atomic E-state index is 12.7. The van der Waals surface area contributed by atoms with Crippen LogP contribution in [-0.4, -0.2) is 17.3 Å². The summed E-state index contributed by atoms with van der Waals surface area (Å²) >= 11 is 0. The first-order valence-corrected chi connectivity index (χ1v) is 16.6. The fraction of sp³-hybridized carbons (Fsp3) is 0.933. The maximum atomic E-state index is 12.7. The minimum Gasteiger partial charge on any atom is -0.326 e. The van der Waals surface area contributed by atoms with E-state index in [1.807, 2.05) is 0 Å². The second-order valence-electron chi connectivity index (χ2n) is 10.5. The lowest BCUT2D eigenvalue weighted by atomic mass is 10.1. The molecular formula is C30H60NO3P. The second-order valence-corrected chi connectivity index (χ2v) is 12.3. The van der Waals surface area contributed by atoms with Crippen molar-refractivity contribution in [1.29, 1.82) is 0 Å². The molecule has 0 aromatic rings. The molecule has 0 aliphatic heterocycles. The van der Waals surface area contributed by atoms with Crippen molar-refractivity contribution in [3.8, 4) is 0 Å². The third-order valence-electron chi connectivity index (χ3n) is 6.71. The second kappa shape index (κ2) is 26.7. The summed E-state index contributed by atoms with van der Waals surface area (Å²) in [5.41, 5.74) is 5.76. The Kier molecular flexibility index (Phi) is 26.5. The predicted molar refractivity (Wildman–Crippen MR) is 154 cm³/mol. The SMILES string of the molecule is CCCCCCCCCCCCCC(=O)P(OC(C)N)C(=O)CCCCCCCCCCCCC. The first-order chi connectivity index (χ1) is 17.0. The molecule has 1 atom stereocenters. The molecule has 0 heterocycles. The molecule has 4 nitrogen and oxygen atoms in total. The van der Waals surface area contributed by atoms with Gasteiger partial charge in [0.05, 0.1) is 0 Å². The van der Waals surface area contributed by atoms with Gasteiger partial charge in [0, 0.05) is 12.8 Å². The molecule has 0 aliphatic carbocycles. The van der Waals surface area contributed by atoms with Crippen molar-refractivity contribution in [2.75, 3.05) is 0 Å². The molecule has 0 saturated carbocycles. The molecule has 5 heteroatoms. The lowest BCUT2D eigenvalue weighted by Crippen LogP contribution is -2.21. The number of nitrogens with two attached hydrogens (primary N) is 1. The summed E-state index contributed by atoms with van der Waals surface area (Å²) in [6, 6.07) is 0. The van der Waals surface area contributed by atoms with Crippen molar-refractivity contribution >= 4 is 19.2 Å². The Balaban J connectivity index is 3.88. The minimum atomic E-state index is -1.70. The van der Waals surface area contributed by atoms with Crippen LogP contribution in [0.3, 0.4) is 0 Å². The maximum Gasteiger partial charge on any atom is 0.189 e. The molecule has 0 radical (unpaired) electrons. The Morgan fingerprint density at radius 3 is 1.06 bits per heavy atom. The van der Waals surface area contributed by atoms with Crippen molar-refractivity contribution in [2.45, 2.75) is 181 Å². The average Bonchev–Trinajstić information content (AvgIpc) is 2.84. The lowest BCUT2D eigenvalue weighted by Gasteiger charge is -2.17. The summed E-state index contributed by atoms with van der Waals surface area (Å²) < 4.78 is 5.62. The van der Waals surface area contributed by atoms with Crippen molar-refractivity contribution in [2.24, 2.45) is 5.73 Å². The molecule has 0 saturated heterocycles. The number of unbranched alkanes of at least 4 members (excludes halogenated alkanes) is 20. The van der Waals surface area contributed by atoms with Crippen molar-refractivity contribution < 1.29 is 14.1 Å². The largest absolute Gasteiger partial charge is 0.326 e. The van der Waals surface area contributed by atoms with E-state index in [1.165, 1.54) is 116 Å². The van der Waals surface area contributed by atoms with Gasteiger partial charge in [-0.3, -0.25) is 9.59 Å².